The summed E-state index contributed by atoms with van der Waals surface area (Å²) in [7, 11) is 0. The van der Waals surface area contributed by atoms with Crippen molar-refractivity contribution in [3.8, 4) is 0 Å². The zero-order valence-corrected chi connectivity index (χ0v) is 13.4. The molecule has 1 N–H and O–H groups in total. The number of amides is 2. The van der Waals surface area contributed by atoms with Gasteiger partial charge in [-0.3, -0.25) is 9.59 Å². The van der Waals surface area contributed by atoms with Gasteiger partial charge in [-0.2, -0.15) is 0 Å². The van der Waals surface area contributed by atoms with Gasteiger partial charge in [0.05, 0.1) is 0 Å². The van der Waals surface area contributed by atoms with E-state index in [0.717, 1.165) is 29.8 Å². The molecule has 1 aliphatic rings. The molecule has 23 heavy (non-hydrogen) atoms. The first kappa shape index (κ1) is 15.3. The van der Waals surface area contributed by atoms with Crippen LogP contribution in [0.15, 0.2) is 42.5 Å². The third kappa shape index (κ3) is 3.42. The topological polar surface area (TPSA) is 49.4 Å². The number of carbonyl (C=O) groups excluding carboxylic acids is 2. The Morgan fingerprint density at radius 3 is 2.48 bits per heavy atom. The fourth-order valence-electron chi connectivity index (χ4n) is 2.81. The minimum absolute atomic E-state index is 0.0877. The van der Waals surface area contributed by atoms with Crippen LogP contribution in [0.25, 0.3) is 0 Å². The maximum absolute atomic E-state index is 12.3. The Balaban J connectivity index is 1.77. The van der Waals surface area contributed by atoms with Crippen LogP contribution in [-0.2, 0) is 17.8 Å². The summed E-state index contributed by atoms with van der Waals surface area (Å²) in [5.74, 6) is -0.0334. The van der Waals surface area contributed by atoms with Gasteiger partial charge in [-0.25, -0.2) is 0 Å². The molecule has 1 heterocycles. The van der Waals surface area contributed by atoms with Crippen molar-refractivity contribution >= 4 is 17.5 Å². The molecule has 2 aromatic carbocycles. The highest BCUT2D eigenvalue weighted by atomic mass is 16.2. The van der Waals surface area contributed by atoms with E-state index < -0.39 is 0 Å². The molecule has 0 saturated heterocycles. The minimum atomic E-state index is -0.121. The molecule has 0 spiro atoms. The van der Waals surface area contributed by atoms with Gasteiger partial charge in [0.25, 0.3) is 5.91 Å². The first-order valence-corrected chi connectivity index (χ1v) is 7.78. The molecule has 0 aromatic heterocycles. The van der Waals surface area contributed by atoms with Crippen molar-refractivity contribution in [3.63, 3.8) is 0 Å². The number of anilines is 1. The van der Waals surface area contributed by atoms with Crippen LogP contribution in [0.2, 0.25) is 0 Å². The van der Waals surface area contributed by atoms with Crippen LogP contribution >= 0.6 is 0 Å². The fraction of sp³-hybridized carbons (Fsp3) is 0.263. The van der Waals surface area contributed by atoms with E-state index in [1.807, 2.05) is 54.3 Å². The maximum Gasteiger partial charge on any atom is 0.255 e. The molecule has 118 valence electrons. The van der Waals surface area contributed by atoms with E-state index in [1.165, 1.54) is 5.56 Å². The Morgan fingerprint density at radius 2 is 1.78 bits per heavy atom. The molecule has 4 heteroatoms. The Labute approximate surface area is 136 Å². The summed E-state index contributed by atoms with van der Waals surface area (Å²) in [6.07, 6.45) is 0.862. The SMILES string of the molecule is CC(=O)N1CCc2ccc(NC(=O)c3ccc(C)cc3)cc2C1. The molecule has 0 atom stereocenters. The molecule has 0 radical (unpaired) electrons. The second-order valence-corrected chi connectivity index (χ2v) is 5.99. The largest absolute Gasteiger partial charge is 0.338 e. The fourth-order valence-corrected chi connectivity index (χ4v) is 2.81. The lowest BCUT2D eigenvalue weighted by atomic mass is 9.99. The highest BCUT2D eigenvalue weighted by Gasteiger charge is 2.18. The van der Waals surface area contributed by atoms with E-state index in [-0.39, 0.29) is 11.8 Å². The summed E-state index contributed by atoms with van der Waals surface area (Å²) in [6, 6.07) is 13.4. The van der Waals surface area contributed by atoms with Crippen LogP contribution in [0.5, 0.6) is 0 Å². The third-order valence-electron chi connectivity index (χ3n) is 4.24. The number of aryl methyl sites for hydroxylation is 1. The summed E-state index contributed by atoms with van der Waals surface area (Å²) < 4.78 is 0. The number of hydrogen-bond donors (Lipinski definition) is 1. The molecule has 2 aromatic rings. The predicted molar refractivity (Wildman–Crippen MR) is 90.4 cm³/mol. The van der Waals surface area contributed by atoms with Gasteiger partial charge in [-0.15, -0.1) is 0 Å². The van der Waals surface area contributed by atoms with Gasteiger partial charge in [-0.05, 0) is 48.7 Å². The molecule has 0 fully saturated rings. The van der Waals surface area contributed by atoms with E-state index in [0.29, 0.717) is 12.1 Å². The Hall–Kier alpha value is -2.62. The van der Waals surface area contributed by atoms with Crippen molar-refractivity contribution in [2.45, 2.75) is 26.8 Å². The minimum Gasteiger partial charge on any atom is -0.338 e. The van der Waals surface area contributed by atoms with E-state index in [2.05, 4.69) is 5.32 Å². The molecule has 0 aliphatic carbocycles. The number of hydrogen-bond acceptors (Lipinski definition) is 2. The molecular formula is C19H20N2O2. The number of nitrogens with zero attached hydrogens (tertiary/aromatic N) is 1. The number of rotatable bonds is 2. The molecule has 0 unspecified atom stereocenters. The van der Waals surface area contributed by atoms with Crippen molar-refractivity contribution in [1.29, 1.82) is 0 Å². The van der Waals surface area contributed by atoms with E-state index in [4.69, 9.17) is 0 Å². The first-order valence-electron chi connectivity index (χ1n) is 7.78. The monoisotopic (exact) mass is 308 g/mol. The Bertz CT molecular complexity index is 750. The van der Waals surface area contributed by atoms with Gasteiger partial charge in [0.15, 0.2) is 0 Å². The second-order valence-electron chi connectivity index (χ2n) is 5.99. The normalized spacial score (nSPS) is 13.4. The lowest BCUT2D eigenvalue weighted by Gasteiger charge is -2.28. The zero-order valence-electron chi connectivity index (χ0n) is 13.4. The standard InChI is InChI=1S/C19H20N2O2/c1-13-3-5-16(6-4-13)19(23)20-18-8-7-15-9-10-21(14(2)22)12-17(15)11-18/h3-8,11H,9-10,12H2,1-2H3,(H,20,23). The summed E-state index contributed by atoms with van der Waals surface area (Å²) in [6.45, 7) is 4.95. The Kier molecular flexibility index (Phi) is 4.15. The maximum atomic E-state index is 12.3. The smallest absolute Gasteiger partial charge is 0.255 e. The summed E-state index contributed by atoms with van der Waals surface area (Å²) >= 11 is 0. The summed E-state index contributed by atoms with van der Waals surface area (Å²) in [4.78, 5) is 25.7. The molecular weight excluding hydrogens is 288 g/mol. The van der Waals surface area contributed by atoms with E-state index in [1.54, 1.807) is 6.92 Å². The molecule has 0 bridgehead atoms. The van der Waals surface area contributed by atoms with Crippen molar-refractivity contribution in [3.05, 3.63) is 64.7 Å². The van der Waals surface area contributed by atoms with Gasteiger partial charge in [-0.1, -0.05) is 23.8 Å². The quantitative estimate of drug-likeness (QED) is 0.926. The average molecular weight is 308 g/mol. The number of carbonyl (C=O) groups is 2. The van der Waals surface area contributed by atoms with Gasteiger partial charge >= 0.3 is 0 Å². The molecule has 0 saturated carbocycles. The van der Waals surface area contributed by atoms with Crippen molar-refractivity contribution in [2.75, 3.05) is 11.9 Å². The van der Waals surface area contributed by atoms with Crippen LogP contribution in [0.3, 0.4) is 0 Å². The van der Waals surface area contributed by atoms with E-state index >= 15 is 0 Å². The van der Waals surface area contributed by atoms with Crippen molar-refractivity contribution in [1.82, 2.24) is 4.90 Å². The summed E-state index contributed by atoms with van der Waals surface area (Å²) in [5.41, 5.74) is 4.88. The Morgan fingerprint density at radius 1 is 1.04 bits per heavy atom. The van der Waals surface area contributed by atoms with Crippen LogP contribution in [0, 0.1) is 6.92 Å². The highest BCUT2D eigenvalue weighted by molar-refractivity contribution is 6.04. The first-order chi connectivity index (χ1) is 11.0. The van der Waals surface area contributed by atoms with E-state index in [9.17, 15) is 9.59 Å². The predicted octanol–water partition coefficient (Wildman–Crippen LogP) is 3.15. The molecule has 4 nitrogen and oxygen atoms in total. The van der Waals surface area contributed by atoms with Crippen LogP contribution in [-0.4, -0.2) is 23.3 Å². The van der Waals surface area contributed by atoms with Crippen LogP contribution in [0.4, 0.5) is 5.69 Å². The molecule has 3 rings (SSSR count). The lowest BCUT2D eigenvalue weighted by molar-refractivity contribution is -0.129. The lowest BCUT2D eigenvalue weighted by Crippen LogP contribution is -2.34. The van der Waals surface area contributed by atoms with Crippen molar-refractivity contribution in [2.24, 2.45) is 0 Å². The molecule has 2 amide bonds. The number of nitrogens with one attached hydrogen (secondary N) is 1. The van der Waals surface area contributed by atoms with Crippen LogP contribution < -0.4 is 5.32 Å². The summed E-state index contributed by atoms with van der Waals surface area (Å²) in [5, 5.41) is 2.93. The third-order valence-corrected chi connectivity index (χ3v) is 4.24. The highest BCUT2D eigenvalue weighted by Crippen LogP contribution is 2.23. The van der Waals surface area contributed by atoms with Gasteiger partial charge < -0.3 is 10.2 Å². The van der Waals surface area contributed by atoms with Gasteiger partial charge in [0, 0.05) is 31.3 Å². The number of benzene rings is 2. The van der Waals surface area contributed by atoms with Crippen molar-refractivity contribution < 1.29 is 9.59 Å². The zero-order chi connectivity index (χ0) is 16.4. The molecule has 1 aliphatic heterocycles. The van der Waals surface area contributed by atoms with Gasteiger partial charge in [0.2, 0.25) is 5.91 Å². The average Bonchev–Trinajstić information content (AvgIpc) is 2.54. The van der Waals surface area contributed by atoms with Crippen LogP contribution in [0.1, 0.15) is 34.0 Å². The number of fused-ring (bicyclic) bond motifs is 1. The van der Waals surface area contributed by atoms with Gasteiger partial charge in [0.1, 0.15) is 0 Å². The second kappa shape index (κ2) is 6.24.